The second kappa shape index (κ2) is 6.78. The smallest absolute Gasteiger partial charge is 0.340 e. The highest BCUT2D eigenvalue weighted by molar-refractivity contribution is 6.03. The van der Waals surface area contributed by atoms with Crippen molar-refractivity contribution in [2.45, 2.75) is 18.6 Å². The van der Waals surface area contributed by atoms with E-state index < -0.39 is 29.5 Å². The minimum Gasteiger partial charge on any atom is -0.340 e. The molecule has 0 saturated carbocycles. The number of nitrogens with zero attached hydrogens (tertiary/aromatic N) is 1. The van der Waals surface area contributed by atoms with E-state index in [0.717, 1.165) is 24.3 Å². The van der Waals surface area contributed by atoms with Gasteiger partial charge in [-0.25, -0.2) is 4.39 Å². The summed E-state index contributed by atoms with van der Waals surface area (Å²) in [4.78, 5) is 26.0. The van der Waals surface area contributed by atoms with E-state index >= 15 is 0 Å². The lowest BCUT2D eigenvalue weighted by atomic mass is 10.1. The Morgan fingerprint density at radius 3 is 2.23 bits per heavy atom. The number of amides is 2. The Morgan fingerprint density at radius 1 is 1.04 bits per heavy atom. The SMILES string of the molecule is O=C(NC1CCN(c2ccc(F)cc2)C1=O)c1ccc(C(F)(F)F)cc1. The summed E-state index contributed by atoms with van der Waals surface area (Å²) in [5.74, 6) is -1.40. The minimum atomic E-state index is -4.48. The molecule has 2 aromatic rings. The van der Waals surface area contributed by atoms with Crippen LogP contribution in [-0.2, 0) is 11.0 Å². The van der Waals surface area contributed by atoms with Crippen molar-refractivity contribution >= 4 is 17.5 Å². The van der Waals surface area contributed by atoms with Crippen LogP contribution in [0.15, 0.2) is 48.5 Å². The number of alkyl halides is 3. The number of anilines is 1. The number of rotatable bonds is 3. The number of carbonyl (C=O) groups excluding carboxylic acids is 2. The molecule has 0 aliphatic carbocycles. The largest absolute Gasteiger partial charge is 0.416 e. The molecule has 0 spiro atoms. The average molecular weight is 366 g/mol. The first-order valence-corrected chi connectivity index (χ1v) is 7.81. The van der Waals surface area contributed by atoms with Crippen molar-refractivity contribution in [3.8, 4) is 0 Å². The molecule has 3 rings (SSSR count). The molecule has 0 bridgehead atoms. The van der Waals surface area contributed by atoms with Crippen LogP contribution in [0.3, 0.4) is 0 Å². The second-order valence-electron chi connectivity index (χ2n) is 5.86. The summed E-state index contributed by atoms with van der Waals surface area (Å²) in [5, 5.41) is 2.53. The van der Waals surface area contributed by atoms with E-state index in [1.165, 1.54) is 29.2 Å². The summed E-state index contributed by atoms with van der Waals surface area (Å²) in [6.07, 6.45) is -4.13. The Labute approximate surface area is 146 Å². The molecule has 2 amide bonds. The van der Waals surface area contributed by atoms with Gasteiger partial charge in [-0.05, 0) is 55.0 Å². The Bertz CT molecular complexity index is 817. The Kier molecular flexibility index (Phi) is 4.67. The highest BCUT2D eigenvalue weighted by atomic mass is 19.4. The summed E-state index contributed by atoms with van der Waals surface area (Å²) in [6, 6.07) is 8.38. The number of hydrogen-bond acceptors (Lipinski definition) is 2. The molecule has 1 aliphatic heterocycles. The second-order valence-corrected chi connectivity index (χ2v) is 5.86. The summed E-state index contributed by atoms with van der Waals surface area (Å²) in [7, 11) is 0. The van der Waals surface area contributed by atoms with Crippen molar-refractivity contribution in [1.29, 1.82) is 0 Å². The molecule has 4 nitrogen and oxygen atoms in total. The van der Waals surface area contributed by atoms with Crippen LogP contribution in [0.25, 0.3) is 0 Å². The molecular formula is C18H14F4N2O2. The van der Waals surface area contributed by atoms with Gasteiger partial charge in [-0.15, -0.1) is 0 Å². The van der Waals surface area contributed by atoms with Gasteiger partial charge in [0.25, 0.3) is 5.91 Å². The van der Waals surface area contributed by atoms with Crippen molar-refractivity contribution in [1.82, 2.24) is 5.32 Å². The van der Waals surface area contributed by atoms with Crippen molar-refractivity contribution in [2.75, 3.05) is 11.4 Å². The summed E-state index contributed by atoms with van der Waals surface area (Å²) in [5.41, 5.74) is -0.304. The van der Waals surface area contributed by atoms with Crippen LogP contribution < -0.4 is 10.2 Å². The fourth-order valence-electron chi connectivity index (χ4n) is 2.74. The molecule has 26 heavy (non-hydrogen) atoms. The predicted octanol–water partition coefficient (Wildman–Crippen LogP) is 3.38. The molecule has 1 N–H and O–H groups in total. The van der Waals surface area contributed by atoms with Gasteiger partial charge >= 0.3 is 6.18 Å². The monoisotopic (exact) mass is 366 g/mol. The van der Waals surface area contributed by atoms with Gasteiger partial charge in [0.15, 0.2) is 0 Å². The number of halogens is 4. The van der Waals surface area contributed by atoms with E-state index in [1.54, 1.807) is 0 Å². The standard InChI is InChI=1S/C18H14F4N2O2/c19-13-5-7-14(8-6-13)24-10-9-15(17(24)26)23-16(25)11-1-3-12(4-2-11)18(20,21)22/h1-8,15H,9-10H2,(H,23,25). The predicted molar refractivity (Wildman–Crippen MR) is 86.1 cm³/mol. The van der Waals surface area contributed by atoms with Gasteiger partial charge in [-0.2, -0.15) is 13.2 Å². The van der Waals surface area contributed by atoms with E-state index in [4.69, 9.17) is 0 Å². The van der Waals surface area contributed by atoms with Crippen LogP contribution in [0, 0.1) is 5.82 Å². The van der Waals surface area contributed by atoms with Crippen molar-refractivity contribution in [2.24, 2.45) is 0 Å². The fourth-order valence-corrected chi connectivity index (χ4v) is 2.74. The Morgan fingerprint density at radius 2 is 1.65 bits per heavy atom. The van der Waals surface area contributed by atoms with Gasteiger partial charge in [-0.1, -0.05) is 0 Å². The number of nitrogens with one attached hydrogen (secondary N) is 1. The van der Waals surface area contributed by atoms with Crippen LogP contribution in [0.2, 0.25) is 0 Å². The summed E-state index contributed by atoms with van der Waals surface area (Å²) < 4.78 is 50.6. The highest BCUT2D eigenvalue weighted by Gasteiger charge is 2.34. The Balaban J connectivity index is 1.66. The first kappa shape index (κ1) is 17.9. The normalized spacial score (nSPS) is 17.5. The lowest BCUT2D eigenvalue weighted by molar-refractivity contribution is -0.137. The molecule has 0 radical (unpaired) electrons. The maximum absolute atomic E-state index is 13.0. The van der Waals surface area contributed by atoms with Gasteiger partial charge in [0, 0.05) is 17.8 Å². The molecule has 8 heteroatoms. The molecule has 136 valence electrons. The van der Waals surface area contributed by atoms with Gasteiger partial charge in [-0.3, -0.25) is 9.59 Å². The van der Waals surface area contributed by atoms with E-state index in [2.05, 4.69) is 5.32 Å². The molecule has 1 fully saturated rings. The molecular weight excluding hydrogens is 352 g/mol. The first-order chi connectivity index (χ1) is 12.3. The molecule has 1 unspecified atom stereocenters. The number of hydrogen-bond donors (Lipinski definition) is 1. The van der Waals surface area contributed by atoms with Crippen molar-refractivity contribution < 1.29 is 27.2 Å². The number of benzene rings is 2. The van der Waals surface area contributed by atoms with Gasteiger partial charge in [0.05, 0.1) is 5.56 Å². The third kappa shape index (κ3) is 3.68. The maximum atomic E-state index is 13.0. The van der Waals surface area contributed by atoms with Crippen molar-refractivity contribution in [3.05, 3.63) is 65.5 Å². The van der Waals surface area contributed by atoms with Crippen LogP contribution in [-0.4, -0.2) is 24.4 Å². The quantitative estimate of drug-likeness (QED) is 0.847. The third-order valence-electron chi connectivity index (χ3n) is 4.12. The molecule has 1 saturated heterocycles. The molecule has 1 atom stereocenters. The van der Waals surface area contributed by atoms with E-state index in [-0.39, 0.29) is 11.5 Å². The molecule has 0 aromatic heterocycles. The zero-order valence-corrected chi connectivity index (χ0v) is 13.4. The lowest BCUT2D eigenvalue weighted by Gasteiger charge is -2.17. The number of carbonyl (C=O) groups is 2. The zero-order valence-electron chi connectivity index (χ0n) is 13.4. The lowest BCUT2D eigenvalue weighted by Crippen LogP contribution is -2.41. The van der Waals surface area contributed by atoms with Crippen LogP contribution in [0.4, 0.5) is 23.2 Å². The van der Waals surface area contributed by atoms with Crippen molar-refractivity contribution in [3.63, 3.8) is 0 Å². The third-order valence-corrected chi connectivity index (χ3v) is 4.12. The first-order valence-electron chi connectivity index (χ1n) is 7.81. The summed E-state index contributed by atoms with van der Waals surface area (Å²) >= 11 is 0. The maximum Gasteiger partial charge on any atom is 0.416 e. The Hall–Kier alpha value is -2.90. The van der Waals surface area contributed by atoms with Crippen LogP contribution in [0.1, 0.15) is 22.3 Å². The van der Waals surface area contributed by atoms with Gasteiger partial charge in [0.2, 0.25) is 5.91 Å². The zero-order chi connectivity index (χ0) is 18.9. The van der Waals surface area contributed by atoms with E-state index in [0.29, 0.717) is 18.7 Å². The van der Waals surface area contributed by atoms with Crippen LogP contribution in [0.5, 0.6) is 0 Å². The molecule has 1 heterocycles. The minimum absolute atomic E-state index is 0.0334. The van der Waals surface area contributed by atoms with Gasteiger partial charge < -0.3 is 10.2 Å². The average Bonchev–Trinajstić information content (AvgIpc) is 2.96. The van der Waals surface area contributed by atoms with E-state index in [9.17, 15) is 27.2 Å². The highest BCUT2D eigenvalue weighted by Crippen LogP contribution is 2.29. The summed E-state index contributed by atoms with van der Waals surface area (Å²) in [6.45, 7) is 0.350. The topological polar surface area (TPSA) is 49.4 Å². The molecule has 2 aromatic carbocycles. The van der Waals surface area contributed by atoms with Crippen LogP contribution >= 0.6 is 0 Å². The fraction of sp³-hybridized carbons (Fsp3) is 0.222. The molecule has 1 aliphatic rings. The van der Waals surface area contributed by atoms with E-state index in [1.807, 2.05) is 0 Å². The van der Waals surface area contributed by atoms with Gasteiger partial charge in [0.1, 0.15) is 11.9 Å².